The highest BCUT2D eigenvalue weighted by Crippen LogP contribution is 2.25. The summed E-state index contributed by atoms with van der Waals surface area (Å²) in [5, 5.41) is 3.82. The minimum absolute atomic E-state index is 0.123. The van der Waals surface area contributed by atoms with E-state index in [1.54, 1.807) is 30.5 Å². The van der Waals surface area contributed by atoms with Gasteiger partial charge >= 0.3 is 0 Å². The number of carbonyl (C=O) groups is 2. The number of hydrogen-bond donors (Lipinski definition) is 1. The number of hydrogen-bond acceptors (Lipinski definition) is 3. The Morgan fingerprint density at radius 2 is 1.96 bits per heavy atom. The normalized spacial score (nSPS) is 16.7. The maximum atomic E-state index is 13.8. The molecule has 1 N–H and O–H groups in total. The van der Waals surface area contributed by atoms with Gasteiger partial charge in [-0.2, -0.15) is 0 Å². The van der Waals surface area contributed by atoms with Crippen LogP contribution >= 0.6 is 0 Å². The summed E-state index contributed by atoms with van der Waals surface area (Å²) in [7, 11) is 0. The van der Waals surface area contributed by atoms with Gasteiger partial charge in [0.1, 0.15) is 5.82 Å². The van der Waals surface area contributed by atoms with E-state index in [1.807, 2.05) is 24.3 Å². The van der Waals surface area contributed by atoms with Crippen molar-refractivity contribution in [1.29, 1.82) is 0 Å². The smallest absolute Gasteiger partial charge is 0.229 e. The number of anilines is 1. The fourth-order valence-corrected chi connectivity index (χ4v) is 3.37. The number of rotatable bonds is 4. The molecule has 2 aromatic carbocycles. The van der Waals surface area contributed by atoms with Gasteiger partial charge in [0.05, 0.1) is 17.1 Å². The van der Waals surface area contributed by atoms with Crippen LogP contribution in [0.4, 0.5) is 10.1 Å². The molecular weight excluding hydrogens is 345 g/mol. The van der Waals surface area contributed by atoms with E-state index in [-0.39, 0.29) is 37.1 Å². The second-order valence-electron chi connectivity index (χ2n) is 6.64. The van der Waals surface area contributed by atoms with E-state index in [2.05, 4.69) is 10.3 Å². The number of para-hydroxylation sites is 1. The molecule has 1 aliphatic heterocycles. The Balaban J connectivity index is 1.47. The topological polar surface area (TPSA) is 62.3 Å². The lowest BCUT2D eigenvalue weighted by Gasteiger charge is -2.17. The van der Waals surface area contributed by atoms with Crippen LogP contribution in [0.15, 0.2) is 60.8 Å². The first-order valence-corrected chi connectivity index (χ1v) is 8.77. The molecule has 0 saturated carbocycles. The standard InChI is InChI=1S/C21H18FN3O2/c22-17-8-2-1-5-15(17)12-25-13-16(11-19(25)26)21(27)24-18-9-3-6-14-7-4-10-23-20(14)18/h1-10,16H,11-13H2,(H,24,27). The Hall–Kier alpha value is -3.28. The Kier molecular flexibility index (Phi) is 4.54. The SMILES string of the molecule is O=C(Nc1cccc2cccnc12)C1CC(=O)N(Cc2ccccc2F)C1. The van der Waals surface area contributed by atoms with Gasteiger partial charge in [0.25, 0.3) is 0 Å². The van der Waals surface area contributed by atoms with Gasteiger partial charge < -0.3 is 10.2 Å². The molecule has 1 aromatic heterocycles. The van der Waals surface area contributed by atoms with Gasteiger partial charge in [-0.3, -0.25) is 14.6 Å². The molecule has 1 atom stereocenters. The van der Waals surface area contributed by atoms with E-state index in [4.69, 9.17) is 0 Å². The molecule has 1 saturated heterocycles. The van der Waals surface area contributed by atoms with Crippen LogP contribution in [0.2, 0.25) is 0 Å². The molecular formula is C21H18FN3O2. The van der Waals surface area contributed by atoms with E-state index in [0.29, 0.717) is 16.8 Å². The molecule has 0 aliphatic carbocycles. The van der Waals surface area contributed by atoms with Crippen molar-refractivity contribution in [2.75, 3.05) is 11.9 Å². The molecule has 1 unspecified atom stereocenters. The number of likely N-dealkylation sites (tertiary alicyclic amines) is 1. The summed E-state index contributed by atoms with van der Waals surface area (Å²) in [6.07, 6.45) is 1.80. The van der Waals surface area contributed by atoms with Gasteiger partial charge in [-0.15, -0.1) is 0 Å². The first-order chi connectivity index (χ1) is 13.1. The molecule has 2 heterocycles. The van der Waals surface area contributed by atoms with Crippen molar-refractivity contribution in [1.82, 2.24) is 9.88 Å². The second kappa shape index (κ2) is 7.15. The first kappa shape index (κ1) is 17.1. The largest absolute Gasteiger partial charge is 0.337 e. The maximum absolute atomic E-state index is 13.8. The Bertz CT molecular complexity index is 1020. The number of amides is 2. The number of aromatic nitrogens is 1. The van der Waals surface area contributed by atoms with Gasteiger partial charge in [-0.25, -0.2) is 4.39 Å². The molecule has 5 nitrogen and oxygen atoms in total. The number of fused-ring (bicyclic) bond motifs is 1. The Morgan fingerprint density at radius 3 is 2.81 bits per heavy atom. The van der Waals surface area contributed by atoms with Gasteiger partial charge in [-0.05, 0) is 18.2 Å². The molecule has 1 fully saturated rings. The summed E-state index contributed by atoms with van der Waals surface area (Å²) >= 11 is 0. The van der Waals surface area contributed by atoms with Crippen molar-refractivity contribution < 1.29 is 14.0 Å². The molecule has 2 amide bonds. The summed E-state index contributed by atoms with van der Waals surface area (Å²) in [6.45, 7) is 0.447. The van der Waals surface area contributed by atoms with Crippen LogP contribution in [0.3, 0.4) is 0 Å². The second-order valence-corrected chi connectivity index (χ2v) is 6.64. The minimum atomic E-state index is -0.469. The molecule has 136 valence electrons. The lowest BCUT2D eigenvalue weighted by molar-refractivity contribution is -0.128. The molecule has 0 bridgehead atoms. The fraction of sp³-hybridized carbons (Fsp3) is 0.190. The third-order valence-electron chi connectivity index (χ3n) is 4.79. The predicted octanol–water partition coefficient (Wildman–Crippen LogP) is 3.36. The zero-order valence-electron chi connectivity index (χ0n) is 14.6. The fourth-order valence-electron chi connectivity index (χ4n) is 3.37. The van der Waals surface area contributed by atoms with Crippen molar-refractivity contribution >= 4 is 28.4 Å². The van der Waals surface area contributed by atoms with E-state index in [1.165, 1.54) is 11.0 Å². The van der Waals surface area contributed by atoms with Gasteiger partial charge in [-0.1, -0.05) is 36.4 Å². The molecule has 1 aliphatic rings. The summed E-state index contributed by atoms with van der Waals surface area (Å²) in [4.78, 5) is 30.8. The number of carbonyl (C=O) groups excluding carboxylic acids is 2. The monoisotopic (exact) mass is 363 g/mol. The Labute approximate surface area is 155 Å². The summed E-state index contributed by atoms with van der Waals surface area (Å²) in [5.41, 5.74) is 1.78. The predicted molar refractivity (Wildman–Crippen MR) is 100 cm³/mol. The van der Waals surface area contributed by atoms with Crippen LogP contribution in [0, 0.1) is 11.7 Å². The van der Waals surface area contributed by atoms with E-state index >= 15 is 0 Å². The lowest BCUT2D eigenvalue weighted by Crippen LogP contribution is -2.28. The average molecular weight is 363 g/mol. The van der Waals surface area contributed by atoms with Crippen molar-refractivity contribution in [3.8, 4) is 0 Å². The van der Waals surface area contributed by atoms with Crippen LogP contribution in [0.5, 0.6) is 0 Å². The van der Waals surface area contributed by atoms with Crippen LogP contribution in [-0.4, -0.2) is 28.2 Å². The highest BCUT2D eigenvalue weighted by molar-refractivity contribution is 6.02. The van der Waals surface area contributed by atoms with Crippen LogP contribution in [0.1, 0.15) is 12.0 Å². The minimum Gasteiger partial charge on any atom is -0.337 e. The van der Waals surface area contributed by atoms with Gasteiger partial charge in [0, 0.05) is 36.7 Å². The number of nitrogens with zero attached hydrogens (tertiary/aromatic N) is 2. The zero-order chi connectivity index (χ0) is 18.8. The number of halogens is 1. The molecule has 4 rings (SSSR count). The van der Waals surface area contributed by atoms with Crippen LogP contribution < -0.4 is 5.32 Å². The van der Waals surface area contributed by atoms with Crippen LogP contribution in [-0.2, 0) is 16.1 Å². The molecule has 27 heavy (non-hydrogen) atoms. The van der Waals surface area contributed by atoms with Gasteiger partial charge in [0.15, 0.2) is 0 Å². The van der Waals surface area contributed by atoms with E-state index in [9.17, 15) is 14.0 Å². The third-order valence-corrected chi connectivity index (χ3v) is 4.79. The first-order valence-electron chi connectivity index (χ1n) is 8.77. The lowest BCUT2D eigenvalue weighted by atomic mass is 10.1. The summed E-state index contributed by atoms with van der Waals surface area (Å²) in [6, 6.07) is 15.7. The summed E-state index contributed by atoms with van der Waals surface area (Å²) in [5.74, 6) is -1.18. The van der Waals surface area contributed by atoms with Crippen molar-refractivity contribution in [2.45, 2.75) is 13.0 Å². The van der Waals surface area contributed by atoms with E-state index in [0.717, 1.165) is 5.39 Å². The average Bonchev–Trinajstić information content (AvgIpc) is 3.05. The van der Waals surface area contributed by atoms with Crippen molar-refractivity contribution in [3.63, 3.8) is 0 Å². The van der Waals surface area contributed by atoms with Crippen molar-refractivity contribution in [2.24, 2.45) is 5.92 Å². The number of benzene rings is 2. The highest BCUT2D eigenvalue weighted by atomic mass is 19.1. The Morgan fingerprint density at radius 1 is 1.15 bits per heavy atom. The maximum Gasteiger partial charge on any atom is 0.229 e. The third kappa shape index (κ3) is 3.51. The molecule has 0 spiro atoms. The van der Waals surface area contributed by atoms with Crippen LogP contribution in [0.25, 0.3) is 10.9 Å². The molecule has 6 heteroatoms. The number of pyridine rings is 1. The highest BCUT2D eigenvalue weighted by Gasteiger charge is 2.34. The zero-order valence-corrected chi connectivity index (χ0v) is 14.6. The van der Waals surface area contributed by atoms with E-state index < -0.39 is 5.92 Å². The number of nitrogens with one attached hydrogen (secondary N) is 1. The van der Waals surface area contributed by atoms with Gasteiger partial charge in [0.2, 0.25) is 11.8 Å². The van der Waals surface area contributed by atoms with Crippen molar-refractivity contribution in [3.05, 3.63) is 72.2 Å². The molecule has 3 aromatic rings. The molecule has 0 radical (unpaired) electrons. The quantitative estimate of drug-likeness (QED) is 0.773. The summed E-state index contributed by atoms with van der Waals surface area (Å²) < 4.78 is 13.8.